The van der Waals surface area contributed by atoms with Crippen LogP contribution in [0.4, 0.5) is 0 Å². The molecule has 1 rings (SSSR count). The van der Waals surface area contributed by atoms with Crippen molar-refractivity contribution in [3.05, 3.63) is 34.9 Å². The molecule has 0 aliphatic rings. The van der Waals surface area contributed by atoms with Crippen molar-refractivity contribution in [1.82, 2.24) is 5.43 Å². The van der Waals surface area contributed by atoms with Crippen LogP contribution in [0, 0.1) is 0 Å². The van der Waals surface area contributed by atoms with Crippen LogP contribution in [0.5, 0.6) is 0 Å². The van der Waals surface area contributed by atoms with Gasteiger partial charge in [-0.1, -0.05) is 43.1 Å². The smallest absolute Gasteiger partial charge is 0.240 e. The summed E-state index contributed by atoms with van der Waals surface area (Å²) in [6.07, 6.45) is 3.94. The maximum absolute atomic E-state index is 11.2. The van der Waals surface area contributed by atoms with Gasteiger partial charge in [0.05, 0.1) is 6.21 Å². The summed E-state index contributed by atoms with van der Waals surface area (Å²) in [5.41, 5.74) is 3.26. The molecule has 86 valence electrons. The van der Waals surface area contributed by atoms with E-state index in [1.165, 1.54) is 0 Å². The maximum atomic E-state index is 11.2. The van der Waals surface area contributed by atoms with Gasteiger partial charge in [-0.25, -0.2) is 5.43 Å². The molecule has 0 atom stereocenters. The Bertz CT molecular complexity index is 377. The summed E-state index contributed by atoms with van der Waals surface area (Å²) < 4.78 is 0. The molecule has 1 aromatic carbocycles. The molecule has 0 saturated carbocycles. The Morgan fingerprint density at radius 1 is 1.50 bits per heavy atom. The fourth-order valence-electron chi connectivity index (χ4n) is 1.15. The largest absolute Gasteiger partial charge is 0.273 e. The predicted octanol–water partition coefficient (Wildman–Crippen LogP) is 2.98. The van der Waals surface area contributed by atoms with Gasteiger partial charge in [0.1, 0.15) is 0 Å². The minimum Gasteiger partial charge on any atom is -0.273 e. The van der Waals surface area contributed by atoms with E-state index in [0.717, 1.165) is 18.4 Å². The van der Waals surface area contributed by atoms with Crippen molar-refractivity contribution < 1.29 is 4.79 Å². The van der Waals surface area contributed by atoms with Crippen molar-refractivity contribution in [2.75, 3.05) is 0 Å². The van der Waals surface area contributed by atoms with E-state index in [1.54, 1.807) is 12.3 Å². The summed E-state index contributed by atoms with van der Waals surface area (Å²) in [6.45, 7) is 2.04. The first kappa shape index (κ1) is 12.7. The topological polar surface area (TPSA) is 41.5 Å². The lowest BCUT2D eigenvalue weighted by molar-refractivity contribution is -0.121. The van der Waals surface area contributed by atoms with Crippen LogP contribution >= 0.6 is 11.6 Å². The van der Waals surface area contributed by atoms with Crippen LogP contribution in [0.3, 0.4) is 0 Å². The molecule has 0 aliphatic heterocycles. The number of carbonyl (C=O) groups is 1. The number of nitrogens with one attached hydrogen (secondary N) is 1. The molecule has 3 nitrogen and oxygen atoms in total. The summed E-state index contributed by atoms with van der Waals surface area (Å²) >= 11 is 5.92. The molecule has 0 saturated heterocycles. The lowest BCUT2D eigenvalue weighted by Crippen LogP contribution is -2.16. The number of nitrogens with zero attached hydrogens (tertiary/aromatic N) is 1. The second kappa shape index (κ2) is 7.01. The Balaban J connectivity index is 2.43. The van der Waals surface area contributed by atoms with Gasteiger partial charge in [-0.15, -0.1) is 0 Å². The van der Waals surface area contributed by atoms with E-state index >= 15 is 0 Å². The standard InChI is InChI=1S/C12H15ClN2O/c1-2-3-8-12(16)15-14-9-10-6-4-5-7-11(10)13/h4-7,9H,2-3,8H2,1H3,(H,15,16)/b14-9+. The van der Waals surface area contributed by atoms with E-state index in [1.807, 2.05) is 25.1 Å². The summed E-state index contributed by atoms with van der Waals surface area (Å²) in [6, 6.07) is 7.33. The second-order valence-electron chi connectivity index (χ2n) is 3.42. The molecular formula is C12H15ClN2O. The summed E-state index contributed by atoms with van der Waals surface area (Å²) in [4.78, 5) is 11.2. The Hall–Kier alpha value is -1.35. The Morgan fingerprint density at radius 3 is 2.94 bits per heavy atom. The van der Waals surface area contributed by atoms with Gasteiger partial charge in [-0.2, -0.15) is 5.10 Å². The van der Waals surface area contributed by atoms with Crippen LogP contribution in [0.2, 0.25) is 5.02 Å². The predicted molar refractivity (Wildman–Crippen MR) is 66.7 cm³/mol. The van der Waals surface area contributed by atoms with Crippen molar-refractivity contribution in [2.24, 2.45) is 5.10 Å². The van der Waals surface area contributed by atoms with Gasteiger partial charge in [0.15, 0.2) is 0 Å². The molecular weight excluding hydrogens is 224 g/mol. The summed E-state index contributed by atoms with van der Waals surface area (Å²) in [5, 5.41) is 4.47. The number of rotatable bonds is 5. The van der Waals surface area contributed by atoms with Crippen LogP contribution in [0.25, 0.3) is 0 Å². The number of carbonyl (C=O) groups excluding carboxylic acids is 1. The molecule has 0 bridgehead atoms. The van der Waals surface area contributed by atoms with E-state index in [-0.39, 0.29) is 5.91 Å². The van der Waals surface area contributed by atoms with Crippen molar-refractivity contribution in [3.63, 3.8) is 0 Å². The van der Waals surface area contributed by atoms with Crippen LogP contribution in [0.1, 0.15) is 31.7 Å². The zero-order chi connectivity index (χ0) is 11.8. The van der Waals surface area contributed by atoms with Crippen LogP contribution in [-0.4, -0.2) is 12.1 Å². The van der Waals surface area contributed by atoms with Gasteiger partial charge in [0.2, 0.25) is 5.91 Å². The Labute approximate surface area is 101 Å². The number of unbranched alkanes of at least 4 members (excludes halogenated alkanes) is 1. The van der Waals surface area contributed by atoms with Gasteiger partial charge in [0.25, 0.3) is 0 Å². The van der Waals surface area contributed by atoms with E-state index in [0.29, 0.717) is 11.4 Å². The Kier molecular flexibility index (Phi) is 5.57. The minimum absolute atomic E-state index is 0.0647. The number of hydrazone groups is 1. The van der Waals surface area contributed by atoms with Crippen LogP contribution in [0.15, 0.2) is 29.4 Å². The van der Waals surface area contributed by atoms with Crippen molar-refractivity contribution in [2.45, 2.75) is 26.2 Å². The highest BCUT2D eigenvalue weighted by molar-refractivity contribution is 6.33. The SMILES string of the molecule is CCCCC(=O)N/N=C/c1ccccc1Cl. The van der Waals surface area contributed by atoms with E-state index in [9.17, 15) is 4.79 Å². The minimum atomic E-state index is -0.0647. The van der Waals surface area contributed by atoms with Gasteiger partial charge in [-0.3, -0.25) is 4.79 Å². The first-order chi connectivity index (χ1) is 7.74. The lowest BCUT2D eigenvalue weighted by atomic mass is 10.2. The molecule has 4 heteroatoms. The normalized spacial score (nSPS) is 10.6. The van der Waals surface area contributed by atoms with Gasteiger partial charge >= 0.3 is 0 Å². The van der Waals surface area contributed by atoms with Gasteiger partial charge in [-0.05, 0) is 12.5 Å². The molecule has 1 amide bonds. The zero-order valence-corrected chi connectivity index (χ0v) is 10.00. The van der Waals surface area contributed by atoms with E-state index < -0.39 is 0 Å². The first-order valence-electron chi connectivity index (χ1n) is 5.30. The quantitative estimate of drug-likeness (QED) is 0.622. The van der Waals surface area contributed by atoms with Crippen LogP contribution < -0.4 is 5.43 Å². The fourth-order valence-corrected chi connectivity index (χ4v) is 1.33. The Morgan fingerprint density at radius 2 is 2.25 bits per heavy atom. The molecule has 0 fully saturated rings. The molecule has 0 aliphatic carbocycles. The molecule has 1 N–H and O–H groups in total. The van der Waals surface area contributed by atoms with Crippen molar-refractivity contribution >= 4 is 23.7 Å². The van der Waals surface area contributed by atoms with Crippen molar-refractivity contribution in [3.8, 4) is 0 Å². The first-order valence-corrected chi connectivity index (χ1v) is 5.68. The highest BCUT2D eigenvalue weighted by Crippen LogP contribution is 2.11. The molecule has 0 spiro atoms. The highest BCUT2D eigenvalue weighted by Gasteiger charge is 1.97. The van der Waals surface area contributed by atoms with Crippen LogP contribution in [-0.2, 0) is 4.79 Å². The van der Waals surface area contributed by atoms with E-state index in [4.69, 9.17) is 11.6 Å². The third-order valence-corrected chi connectivity index (χ3v) is 2.40. The lowest BCUT2D eigenvalue weighted by Gasteiger charge is -1.98. The summed E-state index contributed by atoms with van der Waals surface area (Å²) in [5.74, 6) is -0.0647. The number of hydrogen-bond acceptors (Lipinski definition) is 2. The number of amides is 1. The third kappa shape index (κ3) is 4.45. The molecule has 0 aromatic heterocycles. The van der Waals surface area contributed by atoms with Gasteiger partial charge in [0, 0.05) is 17.0 Å². The average molecular weight is 239 g/mol. The zero-order valence-electron chi connectivity index (χ0n) is 9.24. The van der Waals surface area contributed by atoms with E-state index in [2.05, 4.69) is 10.5 Å². The fraction of sp³-hybridized carbons (Fsp3) is 0.333. The highest BCUT2D eigenvalue weighted by atomic mass is 35.5. The second-order valence-corrected chi connectivity index (χ2v) is 3.83. The monoisotopic (exact) mass is 238 g/mol. The van der Waals surface area contributed by atoms with Gasteiger partial charge < -0.3 is 0 Å². The molecule has 0 heterocycles. The number of hydrogen-bond donors (Lipinski definition) is 1. The summed E-state index contributed by atoms with van der Waals surface area (Å²) in [7, 11) is 0. The average Bonchev–Trinajstić information content (AvgIpc) is 2.29. The third-order valence-electron chi connectivity index (χ3n) is 2.06. The maximum Gasteiger partial charge on any atom is 0.240 e. The molecule has 0 radical (unpaired) electrons. The molecule has 16 heavy (non-hydrogen) atoms. The molecule has 1 aromatic rings. The number of halogens is 1. The number of benzene rings is 1. The molecule has 0 unspecified atom stereocenters. The van der Waals surface area contributed by atoms with Crippen molar-refractivity contribution in [1.29, 1.82) is 0 Å².